The summed E-state index contributed by atoms with van der Waals surface area (Å²) in [4.78, 5) is 42.1. The van der Waals surface area contributed by atoms with Crippen molar-refractivity contribution < 1.29 is 33.7 Å². The van der Waals surface area contributed by atoms with Crippen LogP contribution in [-0.4, -0.2) is 76.9 Å². The molecule has 0 aromatic heterocycles. The Bertz CT molecular complexity index is 1400. The molecule has 0 unspecified atom stereocenters. The van der Waals surface area contributed by atoms with Crippen LogP contribution in [0.25, 0.3) is 0 Å². The van der Waals surface area contributed by atoms with E-state index in [0.29, 0.717) is 30.7 Å². The molecule has 1 aliphatic carbocycles. The van der Waals surface area contributed by atoms with E-state index in [-0.39, 0.29) is 43.5 Å². The molecule has 0 atom stereocenters. The number of nitrogens with one attached hydrogen (secondary N) is 1. The summed E-state index contributed by atoms with van der Waals surface area (Å²) in [7, 11) is 1.62. The summed E-state index contributed by atoms with van der Waals surface area (Å²) >= 11 is 0. The number of rotatable bonds is 7. The number of hydrogen-bond donors (Lipinski definition) is 2. The van der Waals surface area contributed by atoms with E-state index in [1.54, 1.807) is 33.9 Å². The molecule has 2 N–H and O–H groups in total. The van der Waals surface area contributed by atoms with Gasteiger partial charge in [0.25, 0.3) is 5.91 Å². The lowest BCUT2D eigenvalue weighted by Gasteiger charge is -2.45. The van der Waals surface area contributed by atoms with E-state index in [4.69, 9.17) is 14.2 Å². The summed E-state index contributed by atoms with van der Waals surface area (Å²) in [5.74, 6) is 1.13. The van der Waals surface area contributed by atoms with Crippen LogP contribution in [0.5, 0.6) is 11.5 Å². The first-order valence-electron chi connectivity index (χ1n) is 15.0. The van der Waals surface area contributed by atoms with E-state index >= 15 is 0 Å². The molecule has 0 radical (unpaired) electrons. The highest BCUT2D eigenvalue weighted by atomic mass is 16.6. The van der Waals surface area contributed by atoms with Gasteiger partial charge in [0.15, 0.2) is 0 Å². The lowest BCUT2D eigenvalue weighted by Crippen LogP contribution is -2.66. The predicted molar refractivity (Wildman–Crippen MR) is 161 cm³/mol. The number of nitrogens with zero attached hydrogens (tertiary/aromatic N) is 2. The number of ether oxygens (including phenoxy) is 3. The van der Waals surface area contributed by atoms with Crippen LogP contribution in [0.1, 0.15) is 73.5 Å². The van der Waals surface area contributed by atoms with Crippen LogP contribution in [0.15, 0.2) is 30.3 Å². The van der Waals surface area contributed by atoms with Crippen LogP contribution in [0.4, 0.5) is 10.5 Å². The maximum absolute atomic E-state index is 13.5. The van der Waals surface area contributed by atoms with E-state index in [0.717, 1.165) is 41.0 Å². The van der Waals surface area contributed by atoms with Gasteiger partial charge in [0, 0.05) is 35.8 Å². The van der Waals surface area contributed by atoms with Crippen molar-refractivity contribution in [2.45, 2.75) is 84.1 Å². The van der Waals surface area contributed by atoms with Crippen molar-refractivity contribution >= 4 is 23.6 Å². The maximum atomic E-state index is 13.5. The Hall–Kier alpha value is -3.79. The average Bonchev–Trinajstić information content (AvgIpc) is 3.27. The fourth-order valence-corrected chi connectivity index (χ4v) is 6.18. The summed E-state index contributed by atoms with van der Waals surface area (Å²) in [6.07, 6.45) is 2.49. The smallest absolute Gasteiger partial charge is 0.410 e. The van der Waals surface area contributed by atoms with Crippen molar-refractivity contribution in [3.8, 4) is 11.5 Å². The third kappa shape index (κ3) is 6.74. The molecule has 0 bridgehead atoms. The molecule has 1 saturated carbocycles. The highest BCUT2D eigenvalue weighted by molar-refractivity contribution is 5.99. The van der Waals surface area contributed by atoms with Gasteiger partial charge in [-0.2, -0.15) is 0 Å². The van der Waals surface area contributed by atoms with Crippen molar-refractivity contribution in [3.05, 3.63) is 52.6 Å². The van der Waals surface area contributed by atoms with Crippen LogP contribution < -0.4 is 14.8 Å². The second-order valence-electron chi connectivity index (χ2n) is 13.2. The van der Waals surface area contributed by atoms with Crippen LogP contribution in [-0.2, 0) is 16.1 Å². The molecule has 2 aliphatic heterocycles. The number of methoxy groups -OCH3 is 1. The highest BCUT2D eigenvalue weighted by Gasteiger charge is 2.46. The molecule has 232 valence electrons. The summed E-state index contributed by atoms with van der Waals surface area (Å²) in [5, 5.41) is 13.8. The van der Waals surface area contributed by atoms with Crippen LogP contribution in [0.3, 0.4) is 0 Å². The number of aliphatic hydroxyl groups is 1. The molecule has 3 aliphatic rings. The number of carbonyl (C=O) groups excluding carboxylic acids is 3. The third-order valence-electron chi connectivity index (χ3n) is 8.58. The van der Waals surface area contributed by atoms with Crippen LogP contribution in [0.2, 0.25) is 0 Å². The van der Waals surface area contributed by atoms with Gasteiger partial charge in [-0.15, -0.1) is 0 Å². The molecule has 2 heterocycles. The SMILES string of the molecule is COc1cc(NC(=O)C2CCC(N3Cc4c(C)cc(OCC5(O)CN(C(=O)OC(C)(C)C)C5)cc4C3=O)CC2)ccc1C. The zero-order chi connectivity index (χ0) is 31.1. The molecular formula is C33H43N3O7. The molecule has 0 spiro atoms. The first-order valence-corrected chi connectivity index (χ1v) is 15.0. The van der Waals surface area contributed by atoms with Gasteiger partial charge in [-0.3, -0.25) is 9.59 Å². The minimum Gasteiger partial charge on any atom is -0.496 e. The molecule has 2 fully saturated rings. The minimum absolute atomic E-state index is 0.000332. The number of carbonyl (C=O) groups is 3. The average molecular weight is 594 g/mol. The molecule has 43 heavy (non-hydrogen) atoms. The van der Waals surface area contributed by atoms with E-state index in [1.165, 1.54) is 4.90 Å². The molecule has 2 aromatic carbocycles. The fourth-order valence-electron chi connectivity index (χ4n) is 6.18. The Kier molecular flexibility index (Phi) is 8.35. The summed E-state index contributed by atoms with van der Waals surface area (Å²) in [6.45, 7) is 10.1. The number of β-amino-alcohol motifs (C(OH)–C–C–N with tert-alkyl or cyclic N) is 1. The summed E-state index contributed by atoms with van der Waals surface area (Å²) < 4.78 is 16.7. The number of fused-ring (bicyclic) bond motifs is 1. The van der Waals surface area contributed by atoms with Crippen molar-refractivity contribution in [3.63, 3.8) is 0 Å². The van der Waals surface area contributed by atoms with Gasteiger partial charge < -0.3 is 34.4 Å². The lowest BCUT2D eigenvalue weighted by molar-refractivity contribution is -0.121. The van der Waals surface area contributed by atoms with E-state index in [2.05, 4.69) is 5.32 Å². The van der Waals surface area contributed by atoms with Crippen LogP contribution >= 0.6 is 0 Å². The number of benzene rings is 2. The molecule has 3 amide bonds. The van der Waals surface area contributed by atoms with E-state index in [1.807, 2.05) is 43.0 Å². The normalized spacial score (nSPS) is 21.1. The third-order valence-corrected chi connectivity index (χ3v) is 8.58. The summed E-state index contributed by atoms with van der Waals surface area (Å²) in [5.41, 5.74) is 2.53. The Morgan fingerprint density at radius 1 is 1.05 bits per heavy atom. The molecule has 1 saturated heterocycles. The largest absolute Gasteiger partial charge is 0.496 e. The van der Waals surface area contributed by atoms with Gasteiger partial charge >= 0.3 is 6.09 Å². The maximum Gasteiger partial charge on any atom is 0.410 e. The zero-order valence-electron chi connectivity index (χ0n) is 26.0. The van der Waals surface area contributed by atoms with E-state index in [9.17, 15) is 19.5 Å². The zero-order valence-corrected chi connectivity index (χ0v) is 26.0. The first-order chi connectivity index (χ1) is 20.2. The number of aryl methyl sites for hydroxylation is 2. The molecular weight excluding hydrogens is 550 g/mol. The second-order valence-corrected chi connectivity index (χ2v) is 13.2. The topological polar surface area (TPSA) is 118 Å². The Balaban J connectivity index is 1.13. The van der Waals surface area contributed by atoms with Gasteiger partial charge in [-0.25, -0.2) is 4.79 Å². The van der Waals surface area contributed by atoms with Gasteiger partial charge in [0.1, 0.15) is 29.3 Å². The number of anilines is 1. The van der Waals surface area contributed by atoms with Gasteiger partial charge in [-0.1, -0.05) is 6.07 Å². The second kappa shape index (κ2) is 11.7. The van der Waals surface area contributed by atoms with Gasteiger partial charge in [0.05, 0.1) is 20.2 Å². The van der Waals surface area contributed by atoms with Crippen molar-refractivity contribution in [1.29, 1.82) is 0 Å². The first kappa shape index (κ1) is 30.7. The molecule has 5 rings (SSSR count). The quantitative estimate of drug-likeness (QED) is 0.472. The van der Waals surface area contributed by atoms with Gasteiger partial charge in [0.2, 0.25) is 5.91 Å². The lowest BCUT2D eigenvalue weighted by atomic mass is 9.84. The number of hydrogen-bond acceptors (Lipinski definition) is 7. The van der Waals surface area contributed by atoms with Crippen molar-refractivity contribution in [1.82, 2.24) is 9.80 Å². The fraction of sp³-hybridized carbons (Fsp3) is 0.545. The highest BCUT2D eigenvalue weighted by Crippen LogP contribution is 2.37. The van der Waals surface area contributed by atoms with Crippen molar-refractivity contribution in [2.75, 3.05) is 32.1 Å². The minimum atomic E-state index is -1.17. The Labute approximate surface area is 253 Å². The Morgan fingerprint density at radius 2 is 1.74 bits per heavy atom. The summed E-state index contributed by atoms with van der Waals surface area (Å²) in [6, 6.07) is 9.37. The standard InChI is InChI=1S/C33H43N3O7/c1-20-7-10-23(14-28(20)41-6)34-29(37)22-8-11-24(12-9-22)36-16-27-21(2)13-25(15-26(27)30(36)38)42-19-33(40)17-35(18-33)31(39)43-32(3,4)5/h7,10,13-15,22,24,40H,8-9,11-12,16-19H2,1-6H3,(H,34,37). The number of amides is 3. The molecule has 2 aromatic rings. The number of likely N-dealkylation sites (tertiary alicyclic amines) is 1. The van der Waals surface area contributed by atoms with Crippen molar-refractivity contribution in [2.24, 2.45) is 5.92 Å². The molecule has 10 heteroatoms. The predicted octanol–water partition coefficient (Wildman–Crippen LogP) is 4.83. The molecule has 10 nitrogen and oxygen atoms in total. The van der Waals surface area contributed by atoms with Gasteiger partial charge in [-0.05, 0) is 95.2 Å². The van der Waals surface area contributed by atoms with E-state index < -0.39 is 17.3 Å². The monoisotopic (exact) mass is 593 g/mol. The van der Waals surface area contributed by atoms with Crippen LogP contribution in [0, 0.1) is 19.8 Å². The Morgan fingerprint density at radius 3 is 2.40 bits per heavy atom.